The van der Waals surface area contributed by atoms with Gasteiger partial charge in [-0.3, -0.25) is 14.6 Å². The fraction of sp³-hybridized carbons (Fsp3) is 0.333. The van der Waals surface area contributed by atoms with E-state index in [4.69, 9.17) is 11.6 Å². The summed E-state index contributed by atoms with van der Waals surface area (Å²) in [4.78, 5) is 31.2. The number of carbonyl (C=O) groups excluding carboxylic acids is 2. The largest absolute Gasteiger partial charge is 0.417 e. The molecule has 0 fully saturated rings. The van der Waals surface area contributed by atoms with Crippen LogP contribution < -0.4 is 10.6 Å². The molecular formula is C18H18ClF3N4O2. The molecule has 0 saturated carbocycles. The summed E-state index contributed by atoms with van der Waals surface area (Å²) in [7, 11) is 0. The highest BCUT2D eigenvalue weighted by atomic mass is 35.5. The Bertz CT molecular complexity index is 888. The van der Waals surface area contributed by atoms with Gasteiger partial charge < -0.3 is 10.6 Å². The molecule has 2 aromatic rings. The van der Waals surface area contributed by atoms with Crippen molar-refractivity contribution in [1.29, 1.82) is 0 Å². The van der Waals surface area contributed by atoms with Crippen molar-refractivity contribution in [2.75, 3.05) is 11.9 Å². The maximum Gasteiger partial charge on any atom is 0.417 e. The smallest absolute Gasteiger partial charge is 0.352 e. The number of carbonyl (C=O) groups is 2. The highest BCUT2D eigenvalue weighted by Gasteiger charge is 2.31. The molecule has 6 nitrogen and oxygen atoms in total. The number of pyridine rings is 2. The summed E-state index contributed by atoms with van der Waals surface area (Å²) < 4.78 is 37.8. The van der Waals surface area contributed by atoms with Crippen LogP contribution in [0.15, 0.2) is 24.4 Å². The van der Waals surface area contributed by atoms with Gasteiger partial charge in [-0.15, -0.1) is 0 Å². The maximum absolute atomic E-state index is 12.6. The van der Waals surface area contributed by atoms with E-state index in [9.17, 15) is 22.8 Å². The normalized spacial score (nSPS) is 11.2. The number of anilines is 1. The Morgan fingerprint density at radius 3 is 2.54 bits per heavy atom. The zero-order valence-corrected chi connectivity index (χ0v) is 15.9. The number of nitrogens with one attached hydrogen (secondary N) is 2. The Balaban J connectivity index is 1.91. The Hall–Kier alpha value is -2.68. The lowest BCUT2D eigenvalue weighted by Crippen LogP contribution is -2.25. The van der Waals surface area contributed by atoms with E-state index in [2.05, 4.69) is 20.6 Å². The van der Waals surface area contributed by atoms with Gasteiger partial charge in [0.15, 0.2) is 0 Å². The Kier molecular flexibility index (Phi) is 6.95. The molecule has 0 aliphatic rings. The molecule has 0 unspecified atom stereocenters. The molecule has 10 heteroatoms. The first-order chi connectivity index (χ1) is 13.1. The lowest BCUT2D eigenvalue weighted by Gasteiger charge is -2.10. The van der Waals surface area contributed by atoms with Gasteiger partial charge in [0, 0.05) is 30.9 Å². The van der Waals surface area contributed by atoms with E-state index in [-0.39, 0.29) is 29.2 Å². The second-order valence-corrected chi connectivity index (χ2v) is 6.48. The number of alkyl halides is 3. The highest BCUT2D eigenvalue weighted by molar-refractivity contribution is 6.31. The topological polar surface area (TPSA) is 84.0 Å². The fourth-order valence-electron chi connectivity index (χ4n) is 2.41. The van der Waals surface area contributed by atoms with Crippen LogP contribution in [-0.4, -0.2) is 28.3 Å². The van der Waals surface area contributed by atoms with Crippen molar-refractivity contribution >= 4 is 29.2 Å². The molecule has 2 amide bonds. The lowest BCUT2D eigenvalue weighted by atomic mass is 10.1. The van der Waals surface area contributed by atoms with Crippen LogP contribution >= 0.6 is 11.6 Å². The van der Waals surface area contributed by atoms with Crippen molar-refractivity contribution in [3.63, 3.8) is 0 Å². The lowest BCUT2D eigenvalue weighted by molar-refractivity contribution is -0.137. The minimum absolute atomic E-state index is 0.0640. The van der Waals surface area contributed by atoms with Gasteiger partial charge in [-0.2, -0.15) is 13.2 Å². The third kappa shape index (κ3) is 6.19. The van der Waals surface area contributed by atoms with Crippen molar-refractivity contribution in [3.8, 4) is 0 Å². The van der Waals surface area contributed by atoms with Crippen molar-refractivity contribution in [3.05, 3.63) is 51.9 Å². The number of hydrogen-bond acceptors (Lipinski definition) is 4. The SMILES string of the molecule is CC(=O)Nc1cc(C(=O)NCCCc2ncc(C(F)(F)F)cc2Cl)cc(C)n1. The number of amides is 2. The monoisotopic (exact) mass is 414 g/mol. The third-order valence-corrected chi connectivity index (χ3v) is 3.97. The molecule has 2 aromatic heterocycles. The van der Waals surface area contributed by atoms with E-state index in [0.717, 1.165) is 12.3 Å². The molecule has 2 heterocycles. The number of rotatable bonds is 6. The van der Waals surface area contributed by atoms with E-state index in [1.807, 2.05) is 0 Å². The number of aromatic nitrogens is 2. The molecule has 0 atom stereocenters. The molecule has 150 valence electrons. The van der Waals surface area contributed by atoms with Crippen LogP contribution in [0.1, 0.15) is 40.7 Å². The van der Waals surface area contributed by atoms with Crippen LogP contribution in [0.4, 0.5) is 19.0 Å². The van der Waals surface area contributed by atoms with Gasteiger partial charge >= 0.3 is 6.18 Å². The second kappa shape index (κ2) is 9.01. The summed E-state index contributed by atoms with van der Waals surface area (Å²) in [5.74, 6) is -0.382. The van der Waals surface area contributed by atoms with Gasteiger partial charge in [0.2, 0.25) is 5.91 Å². The number of aryl methyl sites for hydroxylation is 2. The van der Waals surface area contributed by atoms with Gasteiger partial charge in [0.05, 0.1) is 16.3 Å². The van der Waals surface area contributed by atoms with Gasteiger partial charge in [0.1, 0.15) is 5.82 Å². The summed E-state index contributed by atoms with van der Waals surface area (Å²) in [6, 6.07) is 3.87. The zero-order chi connectivity index (χ0) is 20.9. The Labute approximate surface area is 164 Å². The number of halogens is 4. The molecule has 28 heavy (non-hydrogen) atoms. The van der Waals surface area contributed by atoms with E-state index >= 15 is 0 Å². The van der Waals surface area contributed by atoms with Crippen molar-refractivity contribution < 1.29 is 22.8 Å². The maximum atomic E-state index is 12.6. The summed E-state index contributed by atoms with van der Waals surface area (Å²) >= 11 is 5.86. The minimum atomic E-state index is -4.50. The first-order valence-corrected chi connectivity index (χ1v) is 8.70. The third-order valence-electron chi connectivity index (χ3n) is 3.64. The summed E-state index contributed by atoms with van der Waals surface area (Å²) in [5, 5.41) is 5.16. The summed E-state index contributed by atoms with van der Waals surface area (Å²) in [6.45, 7) is 3.30. The molecule has 0 aromatic carbocycles. The first kappa shape index (κ1) is 21.6. The average Bonchev–Trinajstić information content (AvgIpc) is 2.57. The predicted octanol–water partition coefficient (Wildman–Crippen LogP) is 3.78. The van der Waals surface area contributed by atoms with Crippen LogP contribution in [0.2, 0.25) is 5.02 Å². The highest BCUT2D eigenvalue weighted by Crippen LogP contribution is 2.31. The minimum Gasteiger partial charge on any atom is -0.352 e. The van der Waals surface area contributed by atoms with E-state index in [1.54, 1.807) is 13.0 Å². The van der Waals surface area contributed by atoms with Gasteiger partial charge in [0.25, 0.3) is 5.91 Å². The quantitative estimate of drug-likeness (QED) is 0.704. The molecule has 0 bridgehead atoms. The molecule has 0 aliphatic carbocycles. The van der Waals surface area contributed by atoms with E-state index < -0.39 is 11.7 Å². The van der Waals surface area contributed by atoms with Crippen LogP contribution in [-0.2, 0) is 17.4 Å². The molecule has 0 spiro atoms. The van der Waals surface area contributed by atoms with E-state index in [1.165, 1.54) is 13.0 Å². The van der Waals surface area contributed by atoms with Crippen molar-refractivity contribution in [2.45, 2.75) is 32.9 Å². The number of nitrogens with zero attached hydrogens (tertiary/aromatic N) is 2. The van der Waals surface area contributed by atoms with Gasteiger partial charge in [-0.05, 0) is 38.0 Å². The molecule has 2 rings (SSSR count). The molecule has 0 saturated heterocycles. The molecular weight excluding hydrogens is 397 g/mol. The predicted molar refractivity (Wildman–Crippen MR) is 98.2 cm³/mol. The molecule has 0 aliphatic heterocycles. The Morgan fingerprint density at radius 1 is 1.21 bits per heavy atom. The van der Waals surface area contributed by atoms with Crippen LogP contribution in [0.25, 0.3) is 0 Å². The molecule has 0 radical (unpaired) electrons. The van der Waals surface area contributed by atoms with Crippen LogP contribution in [0.3, 0.4) is 0 Å². The first-order valence-electron chi connectivity index (χ1n) is 8.32. The molecule has 2 N–H and O–H groups in total. The average molecular weight is 415 g/mol. The van der Waals surface area contributed by atoms with E-state index in [0.29, 0.717) is 29.8 Å². The summed E-state index contributed by atoms with van der Waals surface area (Å²) in [5.41, 5.74) is 0.327. The standard InChI is InChI=1S/C18H18ClF3N4O2/c1-10-6-12(7-16(25-10)26-11(2)27)17(28)23-5-3-4-15-14(19)8-13(9-24-15)18(20,21)22/h6-9H,3-5H2,1-2H3,(H,23,28)(H,25,26,27). The second-order valence-electron chi connectivity index (χ2n) is 6.07. The van der Waals surface area contributed by atoms with Gasteiger partial charge in [-0.1, -0.05) is 11.6 Å². The Morgan fingerprint density at radius 2 is 1.93 bits per heavy atom. The van der Waals surface area contributed by atoms with Gasteiger partial charge in [-0.25, -0.2) is 4.98 Å². The van der Waals surface area contributed by atoms with Crippen LogP contribution in [0, 0.1) is 6.92 Å². The van der Waals surface area contributed by atoms with Crippen LogP contribution in [0.5, 0.6) is 0 Å². The van der Waals surface area contributed by atoms with Crippen molar-refractivity contribution in [1.82, 2.24) is 15.3 Å². The van der Waals surface area contributed by atoms with Crippen molar-refractivity contribution in [2.24, 2.45) is 0 Å². The summed E-state index contributed by atoms with van der Waals surface area (Å²) in [6.07, 6.45) is -3.01. The zero-order valence-electron chi connectivity index (χ0n) is 15.2. The fourth-order valence-corrected chi connectivity index (χ4v) is 2.67. The number of hydrogen-bond donors (Lipinski definition) is 2.